The van der Waals surface area contributed by atoms with E-state index >= 15 is 0 Å². The Hall–Kier alpha value is -1.84. The molecule has 1 amide bonds. The van der Waals surface area contributed by atoms with Gasteiger partial charge < -0.3 is 34.5 Å². The minimum absolute atomic E-state index is 0.0153. The van der Waals surface area contributed by atoms with Crippen LogP contribution in [0, 0.1) is 0 Å². The summed E-state index contributed by atoms with van der Waals surface area (Å²) >= 11 is 0. The molecule has 0 saturated carbocycles. The first-order chi connectivity index (χ1) is 12.4. The van der Waals surface area contributed by atoms with Gasteiger partial charge in [-0.15, -0.1) is 0 Å². The van der Waals surface area contributed by atoms with Crippen LogP contribution < -0.4 is 5.32 Å². The molecule has 0 spiro atoms. The van der Waals surface area contributed by atoms with E-state index in [1.165, 1.54) is 14.0 Å². The van der Waals surface area contributed by atoms with Crippen LogP contribution in [0.1, 0.15) is 40.0 Å². The number of rotatable bonds is 14. The molecule has 0 aliphatic rings. The van der Waals surface area contributed by atoms with Gasteiger partial charge in [0.05, 0.1) is 32.8 Å². The highest BCUT2D eigenvalue weighted by Crippen LogP contribution is 2.15. The van der Waals surface area contributed by atoms with Gasteiger partial charge in [-0.05, 0) is 13.3 Å². The summed E-state index contributed by atoms with van der Waals surface area (Å²) in [7, 11) is 1.27. The molecular formula is C17H31NO8. The van der Waals surface area contributed by atoms with Crippen molar-refractivity contribution in [3.8, 4) is 0 Å². The fourth-order valence-electron chi connectivity index (χ4n) is 2.16. The highest BCUT2D eigenvalue weighted by molar-refractivity contribution is 5.73. The van der Waals surface area contributed by atoms with Crippen LogP contribution in [0.25, 0.3) is 0 Å². The van der Waals surface area contributed by atoms with Gasteiger partial charge in [0.1, 0.15) is 24.7 Å². The van der Waals surface area contributed by atoms with Gasteiger partial charge in [-0.3, -0.25) is 9.59 Å². The number of amides is 1. The molecule has 26 heavy (non-hydrogen) atoms. The van der Waals surface area contributed by atoms with E-state index in [-0.39, 0.29) is 12.3 Å². The number of aliphatic hydroxyl groups excluding tert-OH is 2. The average molecular weight is 377 g/mol. The quantitative estimate of drug-likeness (QED) is 0.177. The minimum atomic E-state index is -1.00. The molecule has 0 aliphatic carbocycles. The van der Waals surface area contributed by atoms with E-state index in [1.54, 1.807) is 6.92 Å². The second-order valence-corrected chi connectivity index (χ2v) is 5.69. The molecule has 0 bridgehead atoms. The lowest BCUT2D eigenvalue weighted by Gasteiger charge is -2.33. The van der Waals surface area contributed by atoms with E-state index in [2.05, 4.69) is 10.1 Å². The molecule has 0 rings (SSSR count). The monoisotopic (exact) mass is 377 g/mol. The largest absolute Gasteiger partial charge is 0.512 e. The van der Waals surface area contributed by atoms with E-state index in [0.29, 0.717) is 12.9 Å². The van der Waals surface area contributed by atoms with Crippen LogP contribution in [0.5, 0.6) is 0 Å². The number of ether oxygens (including phenoxy) is 4. The Kier molecular flexibility index (Phi) is 13.3. The van der Waals surface area contributed by atoms with Crippen LogP contribution in [-0.2, 0) is 28.5 Å². The molecule has 9 nitrogen and oxygen atoms in total. The molecule has 3 N–H and O–H groups in total. The molecule has 9 heteroatoms. The zero-order valence-electron chi connectivity index (χ0n) is 15.8. The number of nitrogens with one attached hydrogen (secondary N) is 1. The van der Waals surface area contributed by atoms with Crippen LogP contribution in [0.4, 0.5) is 0 Å². The Balaban J connectivity index is 5.24. The van der Waals surface area contributed by atoms with Crippen molar-refractivity contribution in [3.05, 3.63) is 12.5 Å². The maximum absolute atomic E-state index is 11.6. The summed E-state index contributed by atoms with van der Waals surface area (Å²) in [6.45, 7) is 4.85. The van der Waals surface area contributed by atoms with Crippen molar-refractivity contribution >= 4 is 11.9 Å². The van der Waals surface area contributed by atoms with Crippen molar-refractivity contribution in [2.24, 2.45) is 0 Å². The summed E-state index contributed by atoms with van der Waals surface area (Å²) in [5.41, 5.74) is 0. The number of carbonyl (C=O) groups is 2. The van der Waals surface area contributed by atoms with Gasteiger partial charge in [-0.1, -0.05) is 13.3 Å². The highest BCUT2D eigenvalue weighted by atomic mass is 16.7. The van der Waals surface area contributed by atoms with Gasteiger partial charge in [-0.25, -0.2) is 0 Å². The molecule has 0 saturated heterocycles. The summed E-state index contributed by atoms with van der Waals surface area (Å²) in [4.78, 5) is 23.0. The highest BCUT2D eigenvalue weighted by Gasteiger charge is 2.34. The minimum Gasteiger partial charge on any atom is -0.512 e. The average Bonchev–Trinajstić information content (AvgIpc) is 2.60. The van der Waals surface area contributed by atoms with Gasteiger partial charge in [0.2, 0.25) is 12.2 Å². The number of carbonyl (C=O) groups excluding carboxylic acids is 2. The maximum atomic E-state index is 11.6. The van der Waals surface area contributed by atoms with Crippen molar-refractivity contribution in [1.82, 2.24) is 5.32 Å². The SMILES string of the molecule is CCCCO[C@@H](O/C=C\O)C(NC(C)=O)[C@H](CO)O[C@H](C)CC(=O)OC. The molecule has 0 heterocycles. The number of hydrogen-bond donors (Lipinski definition) is 3. The first kappa shape index (κ1) is 24.2. The number of unbranched alkanes of at least 4 members (excludes halogenated alkanes) is 1. The first-order valence-electron chi connectivity index (χ1n) is 8.56. The summed E-state index contributed by atoms with van der Waals surface area (Å²) < 4.78 is 21.2. The summed E-state index contributed by atoms with van der Waals surface area (Å²) in [6.07, 6.45) is 0.864. The number of esters is 1. The fraction of sp³-hybridized carbons (Fsp3) is 0.765. The van der Waals surface area contributed by atoms with Crippen LogP contribution in [0.15, 0.2) is 12.5 Å². The number of methoxy groups -OCH3 is 1. The Bertz CT molecular complexity index is 429. The lowest BCUT2D eigenvalue weighted by atomic mass is 10.1. The Labute approximate surface area is 154 Å². The first-order valence-corrected chi connectivity index (χ1v) is 8.56. The molecule has 0 aromatic carbocycles. The smallest absolute Gasteiger partial charge is 0.308 e. The maximum Gasteiger partial charge on any atom is 0.308 e. The van der Waals surface area contributed by atoms with Crippen LogP contribution >= 0.6 is 0 Å². The van der Waals surface area contributed by atoms with E-state index in [4.69, 9.17) is 19.3 Å². The predicted octanol–water partition coefficient (Wildman–Crippen LogP) is 1.01. The predicted molar refractivity (Wildman–Crippen MR) is 93.2 cm³/mol. The Morgan fingerprint density at radius 2 is 2.00 bits per heavy atom. The zero-order chi connectivity index (χ0) is 19.9. The van der Waals surface area contributed by atoms with Crippen LogP contribution in [0.3, 0.4) is 0 Å². The molecule has 0 fully saturated rings. The third-order valence-electron chi connectivity index (χ3n) is 3.39. The molecule has 0 aromatic heterocycles. The van der Waals surface area contributed by atoms with Crippen molar-refractivity contribution in [2.75, 3.05) is 20.3 Å². The van der Waals surface area contributed by atoms with Gasteiger partial charge in [-0.2, -0.15) is 0 Å². The Morgan fingerprint density at radius 3 is 2.50 bits per heavy atom. The summed E-state index contributed by atoms with van der Waals surface area (Å²) in [6, 6.07) is -0.870. The number of aliphatic hydroxyl groups is 2. The fourth-order valence-corrected chi connectivity index (χ4v) is 2.16. The lowest BCUT2D eigenvalue weighted by molar-refractivity contribution is -0.172. The molecule has 0 aromatic rings. The van der Waals surface area contributed by atoms with Crippen LogP contribution in [0.2, 0.25) is 0 Å². The van der Waals surface area contributed by atoms with Crippen molar-refractivity contribution in [1.29, 1.82) is 0 Å². The molecular weight excluding hydrogens is 346 g/mol. The lowest BCUT2D eigenvalue weighted by Crippen LogP contribution is -2.54. The van der Waals surface area contributed by atoms with Gasteiger partial charge in [0.25, 0.3) is 0 Å². The van der Waals surface area contributed by atoms with Crippen LogP contribution in [-0.4, -0.2) is 67.0 Å². The normalized spacial score (nSPS) is 15.9. The van der Waals surface area contributed by atoms with E-state index in [0.717, 1.165) is 19.1 Å². The molecule has 1 unspecified atom stereocenters. The van der Waals surface area contributed by atoms with Gasteiger partial charge in [0.15, 0.2) is 0 Å². The standard InChI is InChI=1S/C17H31NO8/c1-5-6-8-24-17(25-9-7-19)16(18-13(3)21)14(11-20)26-12(2)10-15(22)23-4/h7,9,12,14,16-17,19-20H,5-6,8,10-11H2,1-4H3,(H,18,21)/b9-7-/t12-,14+,16?,17+/m1/s1. The third-order valence-corrected chi connectivity index (χ3v) is 3.39. The van der Waals surface area contributed by atoms with E-state index in [9.17, 15) is 14.7 Å². The summed E-state index contributed by atoms with van der Waals surface area (Å²) in [5.74, 6) is -0.834. The molecule has 152 valence electrons. The zero-order valence-corrected chi connectivity index (χ0v) is 15.8. The van der Waals surface area contributed by atoms with Gasteiger partial charge in [0, 0.05) is 6.92 Å². The topological polar surface area (TPSA) is 124 Å². The van der Waals surface area contributed by atoms with Crippen molar-refractivity contribution in [3.63, 3.8) is 0 Å². The second-order valence-electron chi connectivity index (χ2n) is 5.69. The number of hydrogen-bond acceptors (Lipinski definition) is 8. The van der Waals surface area contributed by atoms with Gasteiger partial charge >= 0.3 is 5.97 Å². The van der Waals surface area contributed by atoms with E-state index < -0.39 is 37.1 Å². The Morgan fingerprint density at radius 1 is 1.31 bits per heavy atom. The molecule has 0 aliphatic heterocycles. The second kappa shape index (κ2) is 14.3. The summed E-state index contributed by atoms with van der Waals surface area (Å²) in [5, 5.41) is 21.2. The van der Waals surface area contributed by atoms with Crippen molar-refractivity contribution < 1.29 is 38.7 Å². The van der Waals surface area contributed by atoms with Crippen molar-refractivity contribution in [2.45, 2.75) is 64.6 Å². The molecule has 0 radical (unpaired) electrons. The molecule has 4 atom stereocenters. The van der Waals surface area contributed by atoms with E-state index in [1.807, 2.05) is 6.92 Å². The third kappa shape index (κ3) is 10.2.